The van der Waals surface area contributed by atoms with E-state index in [0.717, 1.165) is 0 Å². The second-order valence-electron chi connectivity index (χ2n) is 3.53. The summed E-state index contributed by atoms with van der Waals surface area (Å²) in [7, 11) is 3.18. The van der Waals surface area contributed by atoms with E-state index < -0.39 is 0 Å². The molecule has 0 atom stereocenters. The van der Waals surface area contributed by atoms with E-state index in [2.05, 4.69) is 0 Å². The van der Waals surface area contributed by atoms with Gasteiger partial charge in [-0.3, -0.25) is 0 Å². The molecule has 1 rings (SSSR count). The lowest BCUT2D eigenvalue weighted by Crippen LogP contribution is -2.56. The van der Waals surface area contributed by atoms with Gasteiger partial charge in [-0.15, -0.1) is 0 Å². The van der Waals surface area contributed by atoms with Gasteiger partial charge in [0, 0.05) is 0 Å². The van der Waals surface area contributed by atoms with Crippen molar-refractivity contribution >= 4 is 14.7 Å². The molecule has 4 heteroatoms. The molecule has 0 aromatic rings. The van der Waals surface area contributed by atoms with Crippen LogP contribution in [0, 0.1) is 0 Å². The van der Waals surface area contributed by atoms with Gasteiger partial charge < -0.3 is 9.31 Å². The molecule has 2 nitrogen and oxygen atoms in total. The Kier molecular flexibility index (Phi) is 1.86. The summed E-state index contributed by atoms with van der Waals surface area (Å²) in [4.78, 5) is 0. The van der Waals surface area contributed by atoms with E-state index in [1.165, 1.54) is 0 Å². The van der Waals surface area contributed by atoms with Crippen LogP contribution in [0.2, 0.25) is 0 Å². The van der Waals surface area contributed by atoms with E-state index in [1.54, 1.807) is 14.7 Å². The van der Waals surface area contributed by atoms with Crippen LogP contribution in [0.1, 0.15) is 27.7 Å². The first-order chi connectivity index (χ1) is 4.46. The van der Waals surface area contributed by atoms with Crippen LogP contribution in [0.3, 0.4) is 0 Å². The van der Waals surface area contributed by atoms with Crippen LogP contribution in [-0.2, 0) is 9.31 Å². The minimum Gasteiger partial charge on any atom is -0.440 e. The van der Waals surface area contributed by atoms with Crippen LogP contribution in [0.5, 0.6) is 0 Å². The molecule has 1 aliphatic rings. The molecule has 1 heterocycles. The molecule has 1 aliphatic heterocycles. The largest absolute Gasteiger partial charge is 0.440 e. The highest BCUT2D eigenvalue weighted by Gasteiger charge is 2.41. The molecular weight excluding hydrogens is 126 g/mol. The maximum absolute atomic E-state index is 5.38. The van der Waals surface area contributed by atoms with Crippen molar-refractivity contribution in [2.45, 2.75) is 38.9 Å². The molecule has 1 fully saturated rings. The molecule has 0 saturated carbocycles. The Bertz CT molecular complexity index is 118. The van der Waals surface area contributed by atoms with Crippen LogP contribution in [0.25, 0.3) is 0 Å². The van der Waals surface area contributed by atoms with Crippen molar-refractivity contribution in [3.63, 3.8) is 0 Å². The van der Waals surface area contributed by atoms with Gasteiger partial charge in [0.2, 0.25) is 0 Å². The van der Waals surface area contributed by atoms with Crippen molar-refractivity contribution in [1.82, 2.24) is 0 Å². The van der Waals surface area contributed by atoms with Gasteiger partial charge >= 0.3 is 0 Å². The van der Waals surface area contributed by atoms with Crippen LogP contribution < -0.4 is 0 Å². The Balaban J connectivity index is 2.70. The fourth-order valence-electron chi connectivity index (χ4n) is 0.680. The third-order valence-electron chi connectivity index (χ3n) is 2.23. The van der Waals surface area contributed by atoms with Crippen LogP contribution in [0.15, 0.2) is 0 Å². The van der Waals surface area contributed by atoms with Gasteiger partial charge in [-0.2, -0.15) is 0 Å². The van der Waals surface area contributed by atoms with Crippen LogP contribution in [0.4, 0.5) is 0 Å². The third-order valence-corrected chi connectivity index (χ3v) is 2.23. The average Bonchev–Trinajstić information content (AvgIpc) is 1.77. The zero-order valence-corrected chi connectivity index (χ0v) is 6.97. The summed E-state index contributed by atoms with van der Waals surface area (Å²) in [5, 5.41) is 0. The zero-order valence-electron chi connectivity index (χ0n) is 6.97. The van der Waals surface area contributed by atoms with E-state index in [9.17, 15) is 0 Å². The second-order valence-corrected chi connectivity index (χ2v) is 3.53. The van der Waals surface area contributed by atoms with E-state index >= 15 is 0 Å². The predicted molar refractivity (Wildman–Crippen MR) is 41.8 cm³/mol. The summed E-state index contributed by atoms with van der Waals surface area (Å²) in [6, 6.07) is 0. The molecule has 0 spiro atoms. The number of hydrogen-bond donors (Lipinski definition) is 0. The van der Waals surface area contributed by atoms with E-state index in [-0.39, 0.29) is 11.2 Å². The lowest BCUT2D eigenvalue weighted by atomic mass is 9.60. The topological polar surface area (TPSA) is 18.5 Å². The molecule has 2 radical (unpaired) electrons. The maximum Gasteiger partial charge on any atom is 0.283 e. The highest BCUT2D eigenvalue weighted by atomic mass is 16.5. The second kappa shape index (κ2) is 2.28. The first-order valence-electron chi connectivity index (χ1n) is 3.46. The first kappa shape index (κ1) is 8.15. The maximum atomic E-state index is 5.38. The number of rotatable bonds is 0. The van der Waals surface area contributed by atoms with Gasteiger partial charge in [0.05, 0.1) is 11.2 Å². The van der Waals surface area contributed by atoms with Crippen LogP contribution in [-0.4, -0.2) is 25.9 Å². The zero-order chi connectivity index (χ0) is 7.83. The molecule has 54 valence electrons. The van der Waals surface area contributed by atoms with Gasteiger partial charge in [0.25, 0.3) is 14.7 Å². The number of hydrogen-bond acceptors (Lipinski definition) is 2. The Hall–Kier alpha value is 0.0499. The quantitative estimate of drug-likeness (QED) is 0.459. The van der Waals surface area contributed by atoms with Crippen molar-refractivity contribution in [3.05, 3.63) is 0 Å². The van der Waals surface area contributed by atoms with Gasteiger partial charge in [-0.25, -0.2) is 0 Å². The lowest BCUT2D eigenvalue weighted by Gasteiger charge is -2.45. The Morgan fingerprint density at radius 1 is 0.800 bits per heavy atom. The molecule has 0 aromatic carbocycles. The first-order valence-corrected chi connectivity index (χ1v) is 3.46. The van der Waals surface area contributed by atoms with Gasteiger partial charge in [-0.05, 0) is 27.7 Å². The molecule has 0 aliphatic carbocycles. The summed E-state index contributed by atoms with van der Waals surface area (Å²) in [5.74, 6) is 0. The summed E-state index contributed by atoms with van der Waals surface area (Å²) in [6.45, 7) is 8.04. The molecule has 0 aromatic heterocycles. The molecule has 0 amide bonds. The van der Waals surface area contributed by atoms with Gasteiger partial charge in [-0.1, -0.05) is 0 Å². The SMILES string of the molecule is CC1(C)O[B][B]OC1(C)C. The van der Waals surface area contributed by atoms with Gasteiger partial charge in [0.15, 0.2) is 0 Å². The van der Waals surface area contributed by atoms with Crippen molar-refractivity contribution < 1.29 is 9.31 Å². The monoisotopic (exact) mass is 138 g/mol. The fourth-order valence-corrected chi connectivity index (χ4v) is 0.680. The molecule has 0 unspecified atom stereocenters. The summed E-state index contributed by atoms with van der Waals surface area (Å²) in [5.41, 5.74) is -0.469. The Morgan fingerprint density at radius 3 is 1.30 bits per heavy atom. The average molecular weight is 138 g/mol. The molecule has 0 N–H and O–H groups in total. The Morgan fingerprint density at radius 2 is 1.10 bits per heavy atom. The standard InChI is InChI=1S/C6H12B2O2/c1-5(2)6(3,4)10-8-7-9-5/h1-4H3. The minimum absolute atomic E-state index is 0.234. The van der Waals surface area contributed by atoms with Crippen molar-refractivity contribution in [1.29, 1.82) is 0 Å². The lowest BCUT2D eigenvalue weighted by molar-refractivity contribution is -0.0818. The van der Waals surface area contributed by atoms with E-state index in [4.69, 9.17) is 9.31 Å². The smallest absolute Gasteiger partial charge is 0.283 e. The predicted octanol–water partition coefficient (Wildman–Crippen LogP) is 0.744. The van der Waals surface area contributed by atoms with E-state index in [1.807, 2.05) is 27.7 Å². The normalized spacial score (nSPS) is 28.4. The summed E-state index contributed by atoms with van der Waals surface area (Å²) < 4.78 is 10.8. The summed E-state index contributed by atoms with van der Waals surface area (Å²) in [6.07, 6.45) is 0. The highest BCUT2D eigenvalue weighted by Crippen LogP contribution is 2.30. The Labute approximate surface area is 63.8 Å². The summed E-state index contributed by atoms with van der Waals surface area (Å²) >= 11 is 0. The molecule has 1 saturated heterocycles. The highest BCUT2D eigenvalue weighted by molar-refractivity contribution is 6.94. The van der Waals surface area contributed by atoms with Crippen molar-refractivity contribution in [2.75, 3.05) is 0 Å². The van der Waals surface area contributed by atoms with Crippen LogP contribution >= 0.6 is 0 Å². The minimum atomic E-state index is -0.234. The molecule has 10 heavy (non-hydrogen) atoms. The molecular formula is C6H12B2O2. The van der Waals surface area contributed by atoms with Crippen molar-refractivity contribution in [3.8, 4) is 0 Å². The van der Waals surface area contributed by atoms with Crippen molar-refractivity contribution in [2.24, 2.45) is 0 Å². The molecule has 0 bridgehead atoms. The van der Waals surface area contributed by atoms with E-state index in [0.29, 0.717) is 0 Å². The third kappa shape index (κ3) is 1.23. The van der Waals surface area contributed by atoms with Gasteiger partial charge in [0.1, 0.15) is 0 Å². The fraction of sp³-hybridized carbons (Fsp3) is 1.00.